The SMILES string of the molecule is Cc1nc(-c2cnn(C)c2)sc1C(=O)Nc1ccc(N2CCN(C)CC2)c(Cl)c1. The predicted octanol–water partition coefficient (Wildman–Crippen LogP) is 3.51. The van der Waals surface area contributed by atoms with E-state index >= 15 is 0 Å². The lowest BCUT2D eigenvalue weighted by atomic mass is 10.2. The van der Waals surface area contributed by atoms with Crippen molar-refractivity contribution in [1.29, 1.82) is 0 Å². The molecule has 1 aromatic carbocycles. The summed E-state index contributed by atoms with van der Waals surface area (Å²) in [6.45, 7) is 5.75. The molecule has 0 unspecified atom stereocenters. The first kappa shape index (κ1) is 19.9. The van der Waals surface area contributed by atoms with Crippen molar-refractivity contribution in [2.75, 3.05) is 43.4 Å². The van der Waals surface area contributed by atoms with Gasteiger partial charge in [0.2, 0.25) is 0 Å². The fourth-order valence-electron chi connectivity index (χ4n) is 3.34. The number of carbonyl (C=O) groups is 1. The number of rotatable bonds is 4. The van der Waals surface area contributed by atoms with E-state index in [0.717, 1.165) is 42.4 Å². The van der Waals surface area contributed by atoms with Crippen molar-refractivity contribution >= 4 is 40.2 Å². The van der Waals surface area contributed by atoms with Crippen LogP contribution in [-0.4, -0.2) is 58.8 Å². The second kappa shape index (κ2) is 8.14. The van der Waals surface area contributed by atoms with Crippen LogP contribution in [0.1, 0.15) is 15.4 Å². The summed E-state index contributed by atoms with van der Waals surface area (Å²) in [6, 6.07) is 5.69. The van der Waals surface area contributed by atoms with Gasteiger partial charge in [-0.15, -0.1) is 11.3 Å². The number of amides is 1. The lowest BCUT2D eigenvalue weighted by Crippen LogP contribution is -2.44. The Morgan fingerprint density at radius 1 is 1.21 bits per heavy atom. The molecule has 9 heteroatoms. The number of nitrogens with zero attached hydrogens (tertiary/aromatic N) is 5. The molecule has 1 N–H and O–H groups in total. The molecule has 0 atom stereocenters. The number of hydrogen-bond donors (Lipinski definition) is 1. The van der Waals surface area contributed by atoms with Gasteiger partial charge < -0.3 is 15.1 Å². The van der Waals surface area contributed by atoms with Crippen LogP contribution in [0.25, 0.3) is 10.6 Å². The molecule has 1 amide bonds. The molecule has 0 radical (unpaired) electrons. The number of aryl methyl sites for hydroxylation is 2. The molecule has 29 heavy (non-hydrogen) atoms. The van der Waals surface area contributed by atoms with E-state index in [1.165, 1.54) is 11.3 Å². The van der Waals surface area contributed by atoms with Gasteiger partial charge in [0.25, 0.3) is 5.91 Å². The van der Waals surface area contributed by atoms with Crippen molar-refractivity contribution in [3.8, 4) is 10.6 Å². The average molecular weight is 431 g/mol. The third kappa shape index (κ3) is 4.29. The summed E-state index contributed by atoms with van der Waals surface area (Å²) in [6.07, 6.45) is 3.63. The van der Waals surface area contributed by atoms with Crippen molar-refractivity contribution in [2.24, 2.45) is 7.05 Å². The quantitative estimate of drug-likeness (QED) is 0.686. The number of carbonyl (C=O) groups excluding carboxylic acids is 1. The molecule has 3 heterocycles. The minimum absolute atomic E-state index is 0.182. The Kier molecular flexibility index (Phi) is 5.58. The Balaban J connectivity index is 1.49. The summed E-state index contributed by atoms with van der Waals surface area (Å²) < 4.78 is 1.72. The highest BCUT2D eigenvalue weighted by molar-refractivity contribution is 7.17. The van der Waals surface area contributed by atoms with E-state index in [0.29, 0.717) is 21.3 Å². The molecule has 0 aliphatic carbocycles. The van der Waals surface area contributed by atoms with Crippen molar-refractivity contribution in [2.45, 2.75) is 6.92 Å². The van der Waals surface area contributed by atoms with Gasteiger partial charge in [-0.1, -0.05) is 11.6 Å². The second-order valence-corrected chi connectivity index (χ2v) is 8.65. The fraction of sp³-hybridized carbons (Fsp3) is 0.350. The first-order chi connectivity index (χ1) is 13.9. The zero-order valence-electron chi connectivity index (χ0n) is 16.6. The third-order valence-electron chi connectivity index (χ3n) is 5.00. The average Bonchev–Trinajstić information content (AvgIpc) is 3.28. The van der Waals surface area contributed by atoms with Crippen LogP contribution in [0.4, 0.5) is 11.4 Å². The van der Waals surface area contributed by atoms with Gasteiger partial charge in [-0.05, 0) is 32.2 Å². The highest BCUT2D eigenvalue weighted by Gasteiger charge is 2.19. The maximum Gasteiger partial charge on any atom is 0.267 e. The molecular formula is C20H23ClN6OS. The highest BCUT2D eigenvalue weighted by atomic mass is 35.5. The summed E-state index contributed by atoms with van der Waals surface area (Å²) in [5.74, 6) is -0.182. The topological polar surface area (TPSA) is 66.3 Å². The molecule has 7 nitrogen and oxygen atoms in total. The number of likely N-dealkylation sites (N-methyl/N-ethyl adjacent to an activating group) is 1. The molecule has 0 bridgehead atoms. The van der Waals surface area contributed by atoms with Crippen LogP contribution in [-0.2, 0) is 7.05 Å². The van der Waals surface area contributed by atoms with Crippen LogP contribution >= 0.6 is 22.9 Å². The molecule has 0 saturated carbocycles. The number of nitrogens with one attached hydrogen (secondary N) is 1. The van der Waals surface area contributed by atoms with Crippen LogP contribution in [0.2, 0.25) is 5.02 Å². The van der Waals surface area contributed by atoms with Crippen molar-refractivity contribution < 1.29 is 4.79 Å². The first-order valence-electron chi connectivity index (χ1n) is 9.41. The molecule has 1 aliphatic rings. The van der Waals surface area contributed by atoms with Gasteiger partial charge in [0, 0.05) is 50.7 Å². The maximum absolute atomic E-state index is 12.8. The lowest BCUT2D eigenvalue weighted by molar-refractivity contribution is 0.103. The van der Waals surface area contributed by atoms with Crippen molar-refractivity contribution in [3.63, 3.8) is 0 Å². The Morgan fingerprint density at radius 3 is 2.62 bits per heavy atom. The summed E-state index contributed by atoms with van der Waals surface area (Å²) in [5.41, 5.74) is 3.28. The van der Waals surface area contributed by atoms with E-state index in [2.05, 4.69) is 32.2 Å². The number of piperazine rings is 1. The van der Waals surface area contributed by atoms with E-state index in [4.69, 9.17) is 11.6 Å². The second-order valence-electron chi connectivity index (χ2n) is 7.25. The van der Waals surface area contributed by atoms with Crippen LogP contribution in [0.15, 0.2) is 30.6 Å². The summed E-state index contributed by atoms with van der Waals surface area (Å²) in [7, 11) is 3.98. The van der Waals surface area contributed by atoms with Gasteiger partial charge in [-0.2, -0.15) is 5.10 Å². The number of anilines is 2. The summed E-state index contributed by atoms with van der Waals surface area (Å²) in [4.78, 5) is 22.5. The molecule has 0 spiro atoms. The van der Waals surface area contributed by atoms with Gasteiger partial charge in [0.05, 0.1) is 22.6 Å². The Morgan fingerprint density at radius 2 is 1.97 bits per heavy atom. The normalized spacial score (nSPS) is 15.0. The van der Waals surface area contributed by atoms with Gasteiger partial charge >= 0.3 is 0 Å². The van der Waals surface area contributed by atoms with Crippen molar-refractivity contribution in [1.82, 2.24) is 19.7 Å². The fourth-order valence-corrected chi connectivity index (χ4v) is 4.57. The molecule has 4 rings (SSSR count). The maximum atomic E-state index is 12.8. The number of hydrogen-bond acceptors (Lipinski definition) is 6. The van der Waals surface area contributed by atoms with E-state index in [-0.39, 0.29) is 5.91 Å². The number of benzene rings is 1. The summed E-state index contributed by atoms with van der Waals surface area (Å²) in [5, 5.41) is 8.54. The molecule has 3 aromatic rings. The van der Waals surface area contributed by atoms with Gasteiger partial charge in [-0.25, -0.2) is 4.98 Å². The molecule has 152 valence electrons. The Bertz CT molecular complexity index is 1040. The zero-order valence-corrected chi connectivity index (χ0v) is 18.2. The van der Waals surface area contributed by atoms with Gasteiger partial charge in [0.15, 0.2) is 0 Å². The van der Waals surface area contributed by atoms with Crippen LogP contribution < -0.4 is 10.2 Å². The lowest BCUT2D eigenvalue weighted by Gasteiger charge is -2.34. The van der Waals surface area contributed by atoms with E-state index in [9.17, 15) is 4.79 Å². The smallest absolute Gasteiger partial charge is 0.267 e. The van der Waals surface area contributed by atoms with E-state index in [1.807, 2.05) is 38.4 Å². The van der Waals surface area contributed by atoms with E-state index < -0.39 is 0 Å². The van der Waals surface area contributed by atoms with Crippen LogP contribution in [0.3, 0.4) is 0 Å². The number of thiazole rings is 1. The molecule has 1 aliphatic heterocycles. The Hall–Kier alpha value is -2.42. The Labute approximate surface area is 178 Å². The predicted molar refractivity (Wildman–Crippen MR) is 118 cm³/mol. The zero-order chi connectivity index (χ0) is 20.5. The highest BCUT2D eigenvalue weighted by Crippen LogP contribution is 2.31. The van der Waals surface area contributed by atoms with Gasteiger partial charge in [0.1, 0.15) is 9.88 Å². The van der Waals surface area contributed by atoms with E-state index in [1.54, 1.807) is 10.9 Å². The largest absolute Gasteiger partial charge is 0.368 e. The number of aromatic nitrogens is 3. The van der Waals surface area contributed by atoms with Crippen LogP contribution in [0, 0.1) is 6.92 Å². The first-order valence-corrected chi connectivity index (χ1v) is 10.6. The minimum Gasteiger partial charge on any atom is -0.368 e. The van der Waals surface area contributed by atoms with Crippen molar-refractivity contribution in [3.05, 3.63) is 46.2 Å². The van der Waals surface area contributed by atoms with Crippen LogP contribution in [0.5, 0.6) is 0 Å². The van der Waals surface area contributed by atoms with Gasteiger partial charge in [-0.3, -0.25) is 9.48 Å². The molecular weight excluding hydrogens is 408 g/mol. The third-order valence-corrected chi connectivity index (χ3v) is 6.51. The summed E-state index contributed by atoms with van der Waals surface area (Å²) >= 11 is 7.88. The molecule has 2 aromatic heterocycles. The monoisotopic (exact) mass is 430 g/mol. The molecule has 1 saturated heterocycles. The number of halogens is 1. The molecule has 1 fully saturated rings. The minimum atomic E-state index is -0.182. The standard InChI is InChI=1S/C20H23ClN6OS/c1-13-18(29-20(23-13)14-11-22-26(3)12-14)19(28)24-15-4-5-17(16(21)10-15)27-8-6-25(2)7-9-27/h4-5,10-12H,6-9H2,1-3H3,(H,24,28).